The number of hydrogen-bond acceptors (Lipinski definition) is 13. The van der Waals surface area contributed by atoms with Crippen molar-refractivity contribution < 1.29 is 53.9 Å². The fraction of sp³-hybridized carbons (Fsp3) is 0.344. The standard InChI is InChI=1S/C32H31N3O12.ClH/c1-14-26(36)20(33)10-22(46-14)47-21-12-32(42,13-45-31(41)34-15-6-8-16(9-7-15)35(43)44)11-19-23(21)30(40)25-24(29(19)39)27(37)17-4-2-3-5-18(17)28(25)38;/h2-9,14,20-22,26,36,39-40,42H,10-13,33H2,1H3,(H,34,41);1H/t14-,20-,21-,22-,26+,32-;/m0./s1. The fourth-order valence-electron chi connectivity index (χ4n) is 6.36. The van der Waals surface area contributed by atoms with Gasteiger partial charge in [-0.3, -0.25) is 25.0 Å². The summed E-state index contributed by atoms with van der Waals surface area (Å²) in [6.45, 7) is 0.933. The van der Waals surface area contributed by atoms with Crippen LogP contribution >= 0.6 is 12.4 Å². The highest BCUT2D eigenvalue weighted by Crippen LogP contribution is 2.52. The van der Waals surface area contributed by atoms with Gasteiger partial charge in [0.15, 0.2) is 17.9 Å². The molecule has 0 bridgehead atoms. The minimum absolute atomic E-state index is 0. The molecule has 254 valence electrons. The van der Waals surface area contributed by atoms with E-state index in [0.717, 1.165) is 0 Å². The van der Waals surface area contributed by atoms with E-state index in [-0.39, 0.29) is 58.9 Å². The zero-order chi connectivity index (χ0) is 33.8. The van der Waals surface area contributed by atoms with Gasteiger partial charge in [0, 0.05) is 65.4 Å². The Labute approximate surface area is 278 Å². The summed E-state index contributed by atoms with van der Waals surface area (Å²) in [6, 6.07) is 10.2. The molecule has 0 radical (unpaired) electrons. The Morgan fingerprint density at radius 3 is 2.27 bits per heavy atom. The topological polar surface area (TPSA) is 241 Å². The van der Waals surface area contributed by atoms with Crippen LogP contribution in [0.5, 0.6) is 11.5 Å². The molecule has 0 spiro atoms. The molecular weight excluding hydrogens is 654 g/mol. The number of halogens is 1. The van der Waals surface area contributed by atoms with Gasteiger partial charge >= 0.3 is 6.09 Å². The number of ether oxygens (including phenoxy) is 3. The van der Waals surface area contributed by atoms with E-state index in [9.17, 15) is 44.9 Å². The number of nitro benzene ring substituents is 1. The zero-order valence-corrected chi connectivity index (χ0v) is 26.1. The van der Waals surface area contributed by atoms with Gasteiger partial charge in [-0.15, -0.1) is 12.4 Å². The van der Waals surface area contributed by atoms with E-state index in [1.165, 1.54) is 36.4 Å². The Kier molecular flexibility index (Phi) is 9.47. The second-order valence-electron chi connectivity index (χ2n) is 11.9. The summed E-state index contributed by atoms with van der Waals surface area (Å²) in [4.78, 5) is 50.0. The average molecular weight is 686 g/mol. The maximum atomic E-state index is 13.6. The second kappa shape index (κ2) is 13.1. The Bertz CT molecular complexity index is 1790. The van der Waals surface area contributed by atoms with Crippen molar-refractivity contribution >= 4 is 41.4 Å². The predicted octanol–water partition coefficient (Wildman–Crippen LogP) is 3.01. The van der Waals surface area contributed by atoms with Gasteiger partial charge in [0.1, 0.15) is 23.7 Å². The highest BCUT2D eigenvalue weighted by molar-refractivity contribution is 6.30. The molecule has 1 aliphatic heterocycles. The number of phenols is 2. The van der Waals surface area contributed by atoms with Crippen molar-refractivity contribution in [3.05, 3.63) is 92.0 Å². The van der Waals surface area contributed by atoms with E-state index < -0.39 is 94.5 Å². The summed E-state index contributed by atoms with van der Waals surface area (Å²) in [7, 11) is 0. The van der Waals surface area contributed by atoms with Crippen LogP contribution in [0.1, 0.15) is 68.8 Å². The number of non-ortho nitro benzene ring substituents is 1. The third-order valence-corrected chi connectivity index (χ3v) is 8.72. The molecule has 0 unspecified atom stereocenters. The summed E-state index contributed by atoms with van der Waals surface area (Å²) in [6.07, 6.45) is -5.79. The molecule has 15 nitrogen and oxygen atoms in total. The van der Waals surface area contributed by atoms with E-state index in [1.54, 1.807) is 19.1 Å². The van der Waals surface area contributed by atoms with E-state index in [0.29, 0.717) is 0 Å². The van der Waals surface area contributed by atoms with Gasteiger partial charge < -0.3 is 40.4 Å². The number of anilines is 1. The highest BCUT2D eigenvalue weighted by Gasteiger charge is 2.48. The van der Waals surface area contributed by atoms with Crippen LogP contribution in [0.4, 0.5) is 16.2 Å². The number of benzene rings is 3. The van der Waals surface area contributed by atoms with Gasteiger partial charge in [-0.1, -0.05) is 24.3 Å². The predicted molar refractivity (Wildman–Crippen MR) is 168 cm³/mol. The Balaban J connectivity index is 0.00000451. The molecule has 1 amide bonds. The first-order chi connectivity index (χ1) is 22.3. The number of phenolic OH excluding ortho intramolecular Hbond substituents is 2. The van der Waals surface area contributed by atoms with Crippen LogP contribution in [-0.4, -0.2) is 79.8 Å². The molecule has 3 aromatic carbocycles. The van der Waals surface area contributed by atoms with Crippen LogP contribution in [0, 0.1) is 10.1 Å². The van der Waals surface area contributed by atoms with Gasteiger partial charge in [0.25, 0.3) is 5.69 Å². The molecular formula is C32H32ClN3O12. The van der Waals surface area contributed by atoms with Gasteiger partial charge in [-0.25, -0.2) is 4.79 Å². The van der Waals surface area contributed by atoms with Crippen LogP contribution in [0.25, 0.3) is 0 Å². The van der Waals surface area contributed by atoms with Crippen molar-refractivity contribution in [3.8, 4) is 11.5 Å². The first-order valence-electron chi connectivity index (χ1n) is 14.7. The minimum atomic E-state index is -1.94. The number of aliphatic hydroxyl groups is 2. The molecule has 0 aromatic heterocycles. The number of rotatable bonds is 6. The molecule has 1 saturated heterocycles. The van der Waals surface area contributed by atoms with Gasteiger partial charge in [-0.2, -0.15) is 0 Å². The maximum Gasteiger partial charge on any atom is 0.411 e. The largest absolute Gasteiger partial charge is 0.507 e. The average Bonchev–Trinajstić information content (AvgIpc) is 3.03. The van der Waals surface area contributed by atoms with Crippen molar-refractivity contribution in [1.82, 2.24) is 0 Å². The van der Waals surface area contributed by atoms with E-state index in [1.807, 2.05) is 0 Å². The first kappa shape index (κ1) is 34.7. The molecule has 1 heterocycles. The van der Waals surface area contributed by atoms with Crippen molar-refractivity contribution in [1.29, 1.82) is 0 Å². The van der Waals surface area contributed by atoms with Crippen LogP contribution < -0.4 is 11.1 Å². The van der Waals surface area contributed by atoms with E-state index in [4.69, 9.17) is 19.9 Å². The molecule has 3 aliphatic rings. The molecule has 6 atom stereocenters. The number of carbonyl (C=O) groups excluding carboxylic acids is 3. The van der Waals surface area contributed by atoms with Gasteiger partial charge in [-0.05, 0) is 19.1 Å². The van der Waals surface area contributed by atoms with E-state index in [2.05, 4.69) is 5.32 Å². The molecule has 3 aromatic rings. The van der Waals surface area contributed by atoms with Gasteiger partial charge in [0.2, 0.25) is 0 Å². The summed E-state index contributed by atoms with van der Waals surface area (Å²) in [5.74, 6) is -2.66. The van der Waals surface area contributed by atoms with E-state index >= 15 is 0 Å². The number of hydrogen-bond donors (Lipinski definition) is 6. The Hall–Kier alpha value is -4.64. The van der Waals surface area contributed by atoms with Gasteiger partial charge in [0.05, 0.1) is 34.4 Å². The highest BCUT2D eigenvalue weighted by atomic mass is 35.5. The first-order valence-corrected chi connectivity index (χ1v) is 14.7. The third-order valence-electron chi connectivity index (χ3n) is 8.72. The summed E-state index contributed by atoms with van der Waals surface area (Å²) >= 11 is 0. The number of aromatic hydroxyl groups is 2. The Morgan fingerprint density at radius 2 is 1.69 bits per heavy atom. The lowest BCUT2D eigenvalue weighted by atomic mass is 9.73. The van der Waals surface area contributed by atoms with Crippen molar-refractivity contribution in [2.75, 3.05) is 11.9 Å². The summed E-state index contributed by atoms with van der Waals surface area (Å²) < 4.78 is 17.3. The number of nitrogens with two attached hydrogens (primary N) is 1. The van der Waals surface area contributed by atoms with Crippen molar-refractivity contribution in [2.24, 2.45) is 5.73 Å². The summed E-state index contributed by atoms with van der Waals surface area (Å²) in [5, 5.41) is 58.4. The number of aliphatic hydroxyl groups excluding tert-OH is 1. The normalized spacial score (nSPS) is 26.0. The zero-order valence-electron chi connectivity index (χ0n) is 25.3. The number of fused-ring (bicyclic) bond motifs is 3. The van der Waals surface area contributed by atoms with Crippen molar-refractivity contribution in [3.63, 3.8) is 0 Å². The molecule has 1 fully saturated rings. The minimum Gasteiger partial charge on any atom is -0.507 e. The number of nitrogens with one attached hydrogen (secondary N) is 1. The maximum absolute atomic E-state index is 13.6. The number of ketones is 2. The van der Waals surface area contributed by atoms with Crippen LogP contribution in [-0.2, 0) is 20.6 Å². The SMILES string of the molecule is C[C@@H]1O[C@@H](O[C@H]2C[C@](O)(COC(=O)Nc3ccc([N+](=O)[O-])cc3)Cc3c(O)c4c(c(O)c32)C(=O)c2ccccc2C4=O)C[C@H](N)[C@@H]1O.Cl. The lowest BCUT2D eigenvalue weighted by Gasteiger charge is -2.42. The number of carbonyl (C=O) groups is 3. The summed E-state index contributed by atoms with van der Waals surface area (Å²) in [5.41, 5.74) is 3.20. The van der Waals surface area contributed by atoms with Crippen LogP contribution in [0.3, 0.4) is 0 Å². The molecule has 48 heavy (non-hydrogen) atoms. The second-order valence-corrected chi connectivity index (χ2v) is 11.9. The molecule has 16 heteroatoms. The monoisotopic (exact) mass is 685 g/mol. The smallest absolute Gasteiger partial charge is 0.411 e. The number of nitro groups is 1. The molecule has 6 rings (SSSR count). The number of amides is 1. The lowest BCUT2D eigenvalue weighted by Crippen LogP contribution is -2.52. The fourth-order valence-corrected chi connectivity index (χ4v) is 6.36. The number of nitrogens with zero attached hydrogens (tertiary/aromatic N) is 1. The third kappa shape index (κ3) is 6.19. The lowest BCUT2D eigenvalue weighted by molar-refractivity contribution is -0.384. The molecule has 7 N–H and O–H groups in total. The quantitative estimate of drug-likeness (QED) is 0.0973. The molecule has 0 saturated carbocycles. The molecule has 2 aliphatic carbocycles. The van der Waals surface area contributed by atoms with Crippen LogP contribution in [0.2, 0.25) is 0 Å². The Morgan fingerprint density at radius 1 is 1.08 bits per heavy atom. The van der Waals surface area contributed by atoms with Crippen molar-refractivity contribution in [2.45, 2.75) is 62.4 Å². The van der Waals surface area contributed by atoms with Crippen LogP contribution in [0.15, 0.2) is 48.5 Å².